The molecular weight excluding hydrogens is 409 g/mol. The van der Waals surface area contributed by atoms with E-state index in [1.54, 1.807) is 6.20 Å². The minimum atomic E-state index is 0. The number of nitrogens with zero attached hydrogens (tertiary/aromatic N) is 2. The van der Waals surface area contributed by atoms with Gasteiger partial charge in [0, 0.05) is 36.1 Å². The van der Waals surface area contributed by atoms with Crippen LogP contribution in [-0.4, -0.2) is 22.7 Å². The molecule has 0 unspecified atom stereocenters. The predicted molar refractivity (Wildman–Crippen MR) is 119 cm³/mol. The average molecular weight is 436 g/mol. The molecule has 0 saturated carbocycles. The molecule has 0 spiro atoms. The summed E-state index contributed by atoms with van der Waals surface area (Å²) in [5.74, 6) is 1.48. The summed E-state index contributed by atoms with van der Waals surface area (Å²) in [6.45, 7) is 5.66. The van der Waals surface area contributed by atoms with Gasteiger partial charge in [0.1, 0.15) is 6.61 Å². The second-order valence-electron chi connectivity index (χ2n) is 6.43. The Morgan fingerprint density at radius 1 is 1.10 bits per heavy atom. The molecule has 29 heavy (non-hydrogen) atoms. The zero-order valence-electron chi connectivity index (χ0n) is 16.5. The van der Waals surface area contributed by atoms with Gasteiger partial charge in [0.15, 0.2) is 11.5 Å². The molecule has 0 radical (unpaired) electrons. The number of aryl methyl sites for hydroxylation is 1. The van der Waals surface area contributed by atoms with E-state index in [0.29, 0.717) is 18.2 Å². The Bertz CT molecular complexity index is 857. The number of aromatic nitrogens is 2. The maximum Gasteiger partial charge on any atom is 0.161 e. The van der Waals surface area contributed by atoms with Crippen LogP contribution in [0.2, 0.25) is 5.02 Å². The number of benzene rings is 2. The molecule has 7 heteroatoms. The van der Waals surface area contributed by atoms with Gasteiger partial charge in [-0.25, -0.2) is 4.98 Å². The molecule has 1 aromatic heterocycles. The van der Waals surface area contributed by atoms with Crippen molar-refractivity contribution in [1.82, 2.24) is 14.9 Å². The van der Waals surface area contributed by atoms with Crippen molar-refractivity contribution in [3.8, 4) is 11.5 Å². The first-order valence-corrected chi connectivity index (χ1v) is 9.92. The van der Waals surface area contributed by atoms with Crippen LogP contribution in [0.1, 0.15) is 24.5 Å². The molecule has 0 bridgehead atoms. The summed E-state index contributed by atoms with van der Waals surface area (Å²) in [6, 6.07) is 13.8. The summed E-state index contributed by atoms with van der Waals surface area (Å²) in [5.41, 5.74) is 2.12. The fourth-order valence-corrected chi connectivity index (χ4v) is 3.05. The fourth-order valence-electron chi connectivity index (χ4n) is 2.86. The molecule has 3 aromatic rings. The van der Waals surface area contributed by atoms with Crippen LogP contribution in [0.25, 0.3) is 0 Å². The van der Waals surface area contributed by atoms with E-state index in [-0.39, 0.29) is 12.4 Å². The molecule has 1 N–H and O–H groups in total. The molecule has 0 aliphatic heterocycles. The van der Waals surface area contributed by atoms with E-state index in [1.807, 2.05) is 55.8 Å². The zero-order chi connectivity index (χ0) is 19.6. The van der Waals surface area contributed by atoms with Gasteiger partial charge < -0.3 is 19.4 Å². The number of nitrogens with one attached hydrogen (secondary N) is 1. The van der Waals surface area contributed by atoms with Crippen LogP contribution < -0.4 is 14.8 Å². The monoisotopic (exact) mass is 435 g/mol. The Morgan fingerprint density at radius 3 is 2.72 bits per heavy atom. The van der Waals surface area contributed by atoms with E-state index in [4.69, 9.17) is 21.1 Å². The van der Waals surface area contributed by atoms with Gasteiger partial charge in [-0.1, -0.05) is 35.9 Å². The van der Waals surface area contributed by atoms with Crippen LogP contribution in [0, 0.1) is 0 Å². The Balaban J connectivity index is 0.00000300. The first-order chi connectivity index (χ1) is 13.8. The van der Waals surface area contributed by atoms with E-state index < -0.39 is 0 Å². The lowest BCUT2D eigenvalue weighted by Gasteiger charge is -2.14. The van der Waals surface area contributed by atoms with Crippen LogP contribution in [0.3, 0.4) is 0 Å². The van der Waals surface area contributed by atoms with Crippen LogP contribution in [-0.2, 0) is 19.7 Å². The summed E-state index contributed by atoms with van der Waals surface area (Å²) in [5, 5.41) is 4.18. The molecule has 156 valence electrons. The minimum absolute atomic E-state index is 0. The molecule has 0 amide bonds. The number of ether oxygens (including phenoxy) is 2. The van der Waals surface area contributed by atoms with Crippen molar-refractivity contribution in [1.29, 1.82) is 0 Å². The molecule has 0 aliphatic carbocycles. The largest absolute Gasteiger partial charge is 0.490 e. The van der Waals surface area contributed by atoms with Crippen molar-refractivity contribution < 1.29 is 9.47 Å². The quantitative estimate of drug-likeness (QED) is 0.424. The van der Waals surface area contributed by atoms with E-state index in [2.05, 4.69) is 20.9 Å². The maximum absolute atomic E-state index is 6.21. The highest BCUT2D eigenvalue weighted by Crippen LogP contribution is 2.30. The number of hydrogen-bond donors (Lipinski definition) is 1. The Morgan fingerprint density at radius 2 is 1.97 bits per heavy atom. The fraction of sp³-hybridized carbons (Fsp3) is 0.318. The third kappa shape index (κ3) is 7.28. The van der Waals surface area contributed by atoms with Gasteiger partial charge in [-0.05, 0) is 43.7 Å². The standard InChI is InChI=1S/C22H26ClN3O2.ClH/c1-2-27-22-14-18(15-24-10-5-12-26-13-11-25-17-26)8-9-21(22)28-16-19-6-3-4-7-20(19)23;/h3-4,6-9,11,13-14,17,24H,2,5,10,12,15-16H2,1H3;1H. The van der Waals surface area contributed by atoms with Crippen molar-refractivity contribution in [2.45, 2.75) is 33.0 Å². The molecule has 1 heterocycles. The van der Waals surface area contributed by atoms with Crippen molar-refractivity contribution in [3.05, 3.63) is 77.3 Å². The average Bonchev–Trinajstić information content (AvgIpc) is 3.22. The summed E-state index contributed by atoms with van der Waals surface area (Å²) < 4.78 is 13.8. The van der Waals surface area contributed by atoms with E-state index in [0.717, 1.165) is 48.7 Å². The van der Waals surface area contributed by atoms with E-state index >= 15 is 0 Å². The third-order valence-corrected chi connectivity index (χ3v) is 4.68. The van der Waals surface area contributed by atoms with Crippen molar-refractivity contribution >= 4 is 24.0 Å². The topological polar surface area (TPSA) is 48.3 Å². The van der Waals surface area contributed by atoms with Gasteiger partial charge >= 0.3 is 0 Å². The van der Waals surface area contributed by atoms with E-state index in [9.17, 15) is 0 Å². The minimum Gasteiger partial charge on any atom is -0.490 e. The van der Waals surface area contributed by atoms with Crippen LogP contribution in [0.15, 0.2) is 61.2 Å². The molecule has 2 aromatic carbocycles. The second-order valence-corrected chi connectivity index (χ2v) is 6.83. The summed E-state index contributed by atoms with van der Waals surface area (Å²) in [4.78, 5) is 4.05. The Labute approximate surface area is 183 Å². The van der Waals surface area contributed by atoms with Gasteiger partial charge in [0.25, 0.3) is 0 Å². The molecule has 0 fully saturated rings. The normalized spacial score (nSPS) is 10.4. The summed E-state index contributed by atoms with van der Waals surface area (Å²) in [7, 11) is 0. The molecule has 0 aliphatic rings. The van der Waals surface area contributed by atoms with Gasteiger partial charge in [-0.3, -0.25) is 0 Å². The van der Waals surface area contributed by atoms with Crippen LogP contribution >= 0.6 is 24.0 Å². The van der Waals surface area contributed by atoms with Gasteiger partial charge in [-0.15, -0.1) is 12.4 Å². The highest BCUT2D eigenvalue weighted by Gasteiger charge is 2.08. The molecule has 0 atom stereocenters. The van der Waals surface area contributed by atoms with Gasteiger partial charge in [0.2, 0.25) is 0 Å². The van der Waals surface area contributed by atoms with Crippen LogP contribution in [0.5, 0.6) is 11.5 Å². The molecule has 3 rings (SSSR count). The number of halogens is 2. The zero-order valence-corrected chi connectivity index (χ0v) is 18.1. The lowest BCUT2D eigenvalue weighted by molar-refractivity contribution is 0.269. The first kappa shape index (κ1) is 23.1. The number of imidazole rings is 1. The molecular formula is C22H27Cl2N3O2. The first-order valence-electron chi connectivity index (χ1n) is 9.54. The highest BCUT2D eigenvalue weighted by atomic mass is 35.5. The number of hydrogen-bond acceptors (Lipinski definition) is 4. The van der Waals surface area contributed by atoms with Gasteiger partial charge in [-0.2, -0.15) is 0 Å². The Hall–Kier alpha value is -2.21. The summed E-state index contributed by atoms with van der Waals surface area (Å²) in [6.07, 6.45) is 6.68. The van der Waals surface area contributed by atoms with Crippen molar-refractivity contribution in [2.75, 3.05) is 13.2 Å². The van der Waals surface area contributed by atoms with E-state index in [1.165, 1.54) is 0 Å². The van der Waals surface area contributed by atoms with Gasteiger partial charge in [0.05, 0.1) is 12.9 Å². The smallest absolute Gasteiger partial charge is 0.161 e. The lowest BCUT2D eigenvalue weighted by Crippen LogP contribution is -2.16. The molecule has 5 nitrogen and oxygen atoms in total. The third-order valence-electron chi connectivity index (χ3n) is 4.31. The maximum atomic E-state index is 6.21. The predicted octanol–water partition coefficient (Wildman–Crippen LogP) is 5.12. The lowest BCUT2D eigenvalue weighted by atomic mass is 10.2. The van der Waals surface area contributed by atoms with Crippen molar-refractivity contribution in [3.63, 3.8) is 0 Å². The second kappa shape index (κ2) is 12.4. The SMILES string of the molecule is CCOc1cc(CNCCCn2ccnc2)ccc1OCc1ccccc1Cl.Cl. The van der Waals surface area contributed by atoms with Crippen molar-refractivity contribution in [2.24, 2.45) is 0 Å². The number of rotatable bonds is 11. The summed E-state index contributed by atoms with van der Waals surface area (Å²) >= 11 is 6.21. The highest BCUT2D eigenvalue weighted by molar-refractivity contribution is 6.31. The Kier molecular flexibility index (Phi) is 9.84. The molecule has 0 saturated heterocycles. The van der Waals surface area contributed by atoms with Crippen LogP contribution in [0.4, 0.5) is 0 Å².